The minimum Gasteiger partial charge on any atom is -0.338 e. The Labute approximate surface area is 111 Å². The van der Waals surface area contributed by atoms with Crippen molar-refractivity contribution in [2.75, 3.05) is 12.0 Å². The molecule has 0 amide bonds. The minimum atomic E-state index is -0.136. The molecule has 0 saturated heterocycles. The van der Waals surface area contributed by atoms with Crippen LogP contribution in [0.25, 0.3) is 0 Å². The summed E-state index contributed by atoms with van der Waals surface area (Å²) in [5.41, 5.74) is 5.96. The van der Waals surface area contributed by atoms with Crippen LogP contribution < -0.4 is 5.73 Å². The average Bonchev–Trinajstić information content (AvgIpc) is 2.70. The van der Waals surface area contributed by atoms with Crippen molar-refractivity contribution in [1.82, 2.24) is 10.1 Å². The first kappa shape index (κ1) is 14.9. The Bertz CT molecular complexity index is 336. The quantitative estimate of drug-likeness (QED) is 0.861. The Hall–Kier alpha value is -0.200. The Balaban J connectivity index is 2.47. The molecular formula is C11H21N3OS2. The van der Waals surface area contributed by atoms with Crippen molar-refractivity contribution >= 4 is 23.5 Å². The first-order valence-electron chi connectivity index (χ1n) is 5.63. The summed E-state index contributed by atoms with van der Waals surface area (Å²) in [5, 5.41) is 3.95. The molecule has 0 spiro atoms. The maximum absolute atomic E-state index is 5.96. The predicted molar refractivity (Wildman–Crippen MR) is 75.3 cm³/mol. The van der Waals surface area contributed by atoms with Gasteiger partial charge in [-0.05, 0) is 18.4 Å². The lowest BCUT2D eigenvalue weighted by molar-refractivity contribution is 0.350. The summed E-state index contributed by atoms with van der Waals surface area (Å²) < 4.78 is 5.39. The molecule has 0 aliphatic heterocycles. The molecule has 1 atom stereocenters. The van der Waals surface area contributed by atoms with Crippen LogP contribution in [0, 0.1) is 0 Å². The van der Waals surface area contributed by atoms with Crippen LogP contribution >= 0.6 is 23.5 Å². The Kier molecular flexibility index (Phi) is 5.82. The SMILES string of the molecule is CSCCC(N)c1nc(CSC(C)(C)C)no1. The second-order valence-corrected chi connectivity index (χ2v) is 7.63. The summed E-state index contributed by atoms with van der Waals surface area (Å²) >= 11 is 3.57. The van der Waals surface area contributed by atoms with E-state index in [-0.39, 0.29) is 10.8 Å². The van der Waals surface area contributed by atoms with Crippen molar-refractivity contribution in [2.45, 2.75) is 43.7 Å². The molecule has 0 saturated carbocycles. The molecular weight excluding hydrogens is 254 g/mol. The van der Waals surface area contributed by atoms with E-state index in [2.05, 4.69) is 37.2 Å². The minimum absolute atomic E-state index is 0.136. The summed E-state index contributed by atoms with van der Waals surface area (Å²) in [7, 11) is 0. The van der Waals surface area contributed by atoms with Gasteiger partial charge in [-0.3, -0.25) is 0 Å². The predicted octanol–water partition coefficient (Wildman–Crippen LogP) is 2.85. The molecule has 0 aromatic carbocycles. The molecule has 98 valence electrons. The summed E-state index contributed by atoms with van der Waals surface area (Å²) in [6.07, 6.45) is 2.93. The highest BCUT2D eigenvalue weighted by Gasteiger charge is 2.16. The van der Waals surface area contributed by atoms with E-state index in [4.69, 9.17) is 10.3 Å². The van der Waals surface area contributed by atoms with Crippen LogP contribution in [0.15, 0.2) is 4.52 Å². The molecule has 0 bridgehead atoms. The molecule has 1 rings (SSSR count). The zero-order chi connectivity index (χ0) is 12.9. The maximum atomic E-state index is 5.96. The first-order chi connectivity index (χ1) is 7.92. The molecule has 1 aromatic heterocycles. The highest BCUT2D eigenvalue weighted by Crippen LogP contribution is 2.26. The summed E-state index contributed by atoms with van der Waals surface area (Å²) in [5.74, 6) is 3.07. The normalized spacial score (nSPS) is 13.9. The molecule has 0 fully saturated rings. The second kappa shape index (κ2) is 6.66. The van der Waals surface area contributed by atoms with E-state index >= 15 is 0 Å². The summed E-state index contributed by atoms with van der Waals surface area (Å²) in [4.78, 5) is 4.33. The molecule has 0 aliphatic carbocycles. The summed E-state index contributed by atoms with van der Waals surface area (Å²) in [6, 6.07) is -0.136. The van der Waals surface area contributed by atoms with E-state index < -0.39 is 0 Å². The van der Waals surface area contributed by atoms with Gasteiger partial charge < -0.3 is 10.3 Å². The van der Waals surface area contributed by atoms with E-state index in [1.165, 1.54) is 0 Å². The Morgan fingerprint density at radius 1 is 1.41 bits per heavy atom. The third-order valence-electron chi connectivity index (χ3n) is 2.07. The highest BCUT2D eigenvalue weighted by molar-refractivity contribution is 7.99. The number of aromatic nitrogens is 2. The monoisotopic (exact) mass is 275 g/mol. The smallest absolute Gasteiger partial charge is 0.243 e. The van der Waals surface area contributed by atoms with Crippen LogP contribution in [0.3, 0.4) is 0 Å². The fourth-order valence-electron chi connectivity index (χ4n) is 1.13. The van der Waals surface area contributed by atoms with Crippen molar-refractivity contribution in [3.8, 4) is 0 Å². The lowest BCUT2D eigenvalue weighted by atomic mass is 10.2. The third-order valence-corrected chi connectivity index (χ3v) is 3.98. The van der Waals surface area contributed by atoms with Gasteiger partial charge in [0.2, 0.25) is 5.89 Å². The second-order valence-electron chi connectivity index (χ2n) is 4.84. The van der Waals surface area contributed by atoms with E-state index in [9.17, 15) is 0 Å². The van der Waals surface area contributed by atoms with Crippen LogP contribution in [0.4, 0.5) is 0 Å². The van der Waals surface area contributed by atoms with Gasteiger partial charge in [0.1, 0.15) is 0 Å². The van der Waals surface area contributed by atoms with Crippen molar-refractivity contribution in [1.29, 1.82) is 0 Å². The fourth-order valence-corrected chi connectivity index (χ4v) is 2.30. The lowest BCUT2D eigenvalue weighted by Gasteiger charge is -2.15. The number of thioether (sulfide) groups is 2. The van der Waals surface area contributed by atoms with Crippen LogP contribution in [0.5, 0.6) is 0 Å². The van der Waals surface area contributed by atoms with Crippen LogP contribution in [0.2, 0.25) is 0 Å². The standard InChI is InChI=1S/C11H21N3OS2/c1-11(2,3)17-7-9-13-10(15-14-9)8(12)5-6-16-4/h8H,5-7,12H2,1-4H3. The van der Waals surface area contributed by atoms with E-state index in [1.54, 1.807) is 23.5 Å². The van der Waals surface area contributed by atoms with E-state index in [1.807, 2.05) is 0 Å². The van der Waals surface area contributed by atoms with Gasteiger partial charge in [-0.2, -0.15) is 16.7 Å². The number of hydrogen-bond donors (Lipinski definition) is 1. The fraction of sp³-hybridized carbons (Fsp3) is 0.818. The van der Waals surface area contributed by atoms with Crippen molar-refractivity contribution in [3.05, 3.63) is 11.7 Å². The number of rotatable bonds is 6. The molecule has 2 N–H and O–H groups in total. The highest BCUT2D eigenvalue weighted by atomic mass is 32.2. The zero-order valence-electron chi connectivity index (χ0n) is 10.9. The summed E-state index contributed by atoms with van der Waals surface area (Å²) in [6.45, 7) is 6.51. The van der Waals surface area contributed by atoms with Gasteiger partial charge in [0.05, 0.1) is 11.8 Å². The van der Waals surface area contributed by atoms with Gasteiger partial charge in [-0.1, -0.05) is 25.9 Å². The van der Waals surface area contributed by atoms with E-state index in [0.717, 1.165) is 23.8 Å². The molecule has 4 nitrogen and oxygen atoms in total. The average molecular weight is 275 g/mol. The van der Waals surface area contributed by atoms with Gasteiger partial charge in [0, 0.05) is 4.75 Å². The van der Waals surface area contributed by atoms with Gasteiger partial charge in [0.25, 0.3) is 0 Å². The van der Waals surface area contributed by atoms with Crippen molar-refractivity contribution in [3.63, 3.8) is 0 Å². The molecule has 17 heavy (non-hydrogen) atoms. The van der Waals surface area contributed by atoms with Crippen LogP contribution in [-0.4, -0.2) is 26.9 Å². The Morgan fingerprint density at radius 2 is 2.12 bits per heavy atom. The molecule has 1 unspecified atom stereocenters. The molecule has 1 aromatic rings. The molecule has 1 heterocycles. The number of hydrogen-bond acceptors (Lipinski definition) is 6. The topological polar surface area (TPSA) is 64.9 Å². The van der Waals surface area contributed by atoms with Gasteiger partial charge >= 0.3 is 0 Å². The van der Waals surface area contributed by atoms with Gasteiger partial charge in [-0.15, -0.1) is 11.8 Å². The van der Waals surface area contributed by atoms with E-state index in [0.29, 0.717) is 5.89 Å². The van der Waals surface area contributed by atoms with Gasteiger partial charge in [0.15, 0.2) is 5.82 Å². The first-order valence-corrected chi connectivity index (χ1v) is 8.01. The largest absolute Gasteiger partial charge is 0.338 e. The van der Waals surface area contributed by atoms with Crippen LogP contribution in [0.1, 0.15) is 44.9 Å². The Morgan fingerprint density at radius 3 is 2.71 bits per heavy atom. The number of nitrogens with zero attached hydrogens (tertiary/aromatic N) is 2. The van der Waals surface area contributed by atoms with Crippen LogP contribution in [-0.2, 0) is 5.75 Å². The maximum Gasteiger partial charge on any atom is 0.243 e. The lowest BCUT2D eigenvalue weighted by Crippen LogP contribution is -2.12. The van der Waals surface area contributed by atoms with Crippen molar-refractivity contribution in [2.24, 2.45) is 5.73 Å². The molecule has 0 radical (unpaired) electrons. The van der Waals surface area contributed by atoms with Crippen molar-refractivity contribution < 1.29 is 4.52 Å². The molecule has 0 aliphatic rings. The zero-order valence-corrected chi connectivity index (χ0v) is 12.5. The third kappa shape index (κ3) is 5.79. The van der Waals surface area contributed by atoms with Gasteiger partial charge in [-0.25, -0.2) is 0 Å². The molecule has 6 heteroatoms. The number of nitrogens with two attached hydrogens (primary N) is 1.